The molecule has 152 valence electrons. The number of allylic oxidation sites excluding steroid dienone is 1. The third kappa shape index (κ3) is 5.11. The van der Waals surface area contributed by atoms with Gasteiger partial charge < -0.3 is 14.2 Å². The minimum atomic E-state index is -0.336. The second-order valence-electron chi connectivity index (χ2n) is 6.35. The van der Waals surface area contributed by atoms with Crippen LogP contribution in [-0.4, -0.2) is 14.2 Å². The minimum absolute atomic E-state index is 0.137. The molecule has 0 saturated carbocycles. The first-order chi connectivity index (χ1) is 14.5. The highest BCUT2D eigenvalue weighted by molar-refractivity contribution is 6.32. The van der Waals surface area contributed by atoms with Gasteiger partial charge in [-0.05, 0) is 71.3 Å². The minimum Gasteiger partial charge on any atom is -0.497 e. The van der Waals surface area contributed by atoms with Gasteiger partial charge in [-0.15, -0.1) is 0 Å². The molecule has 3 aromatic rings. The molecule has 0 fully saturated rings. The summed E-state index contributed by atoms with van der Waals surface area (Å²) >= 11 is 6.42. The van der Waals surface area contributed by atoms with Crippen molar-refractivity contribution in [1.29, 1.82) is 5.26 Å². The van der Waals surface area contributed by atoms with E-state index in [2.05, 4.69) is 6.07 Å². The Morgan fingerprint density at radius 2 is 1.83 bits per heavy atom. The van der Waals surface area contributed by atoms with E-state index in [1.165, 1.54) is 19.2 Å². The van der Waals surface area contributed by atoms with Crippen molar-refractivity contribution >= 4 is 23.3 Å². The number of methoxy groups -OCH3 is 2. The van der Waals surface area contributed by atoms with Gasteiger partial charge in [0.05, 0.1) is 30.9 Å². The first kappa shape index (κ1) is 21.2. The first-order valence-electron chi connectivity index (χ1n) is 9.05. The fourth-order valence-corrected chi connectivity index (χ4v) is 3.14. The zero-order valence-electron chi connectivity index (χ0n) is 16.5. The quantitative estimate of drug-likeness (QED) is 0.338. The van der Waals surface area contributed by atoms with Crippen LogP contribution in [0.1, 0.15) is 16.7 Å². The lowest BCUT2D eigenvalue weighted by molar-refractivity contribution is 0.284. The molecule has 0 aliphatic rings. The molecule has 4 nitrogen and oxygen atoms in total. The maximum Gasteiger partial charge on any atom is 0.180 e. The number of hydrogen-bond acceptors (Lipinski definition) is 4. The van der Waals surface area contributed by atoms with Crippen LogP contribution in [0, 0.1) is 17.1 Å². The molecule has 0 N–H and O–H groups in total. The van der Waals surface area contributed by atoms with Crippen LogP contribution in [0.15, 0.2) is 60.7 Å². The van der Waals surface area contributed by atoms with E-state index in [9.17, 15) is 9.65 Å². The molecule has 0 heterocycles. The van der Waals surface area contributed by atoms with Crippen molar-refractivity contribution in [3.8, 4) is 23.3 Å². The van der Waals surface area contributed by atoms with Gasteiger partial charge in [0.25, 0.3) is 0 Å². The van der Waals surface area contributed by atoms with Crippen molar-refractivity contribution in [1.82, 2.24) is 0 Å². The van der Waals surface area contributed by atoms with Gasteiger partial charge in [-0.1, -0.05) is 23.7 Å². The molecule has 0 aliphatic heterocycles. The molecule has 0 bridgehead atoms. The molecule has 0 saturated heterocycles. The van der Waals surface area contributed by atoms with Gasteiger partial charge in [0.2, 0.25) is 0 Å². The summed E-state index contributed by atoms with van der Waals surface area (Å²) in [4.78, 5) is 0. The van der Waals surface area contributed by atoms with E-state index in [1.807, 2.05) is 12.1 Å². The zero-order chi connectivity index (χ0) is 21.5. The standard InChI is InChI=1S/C24H19ClFNO3/c1-28-21-8-6-18(7-9-21)19(14-27)10-17-12-22(25)24(23(13-17)29-2)30-15-16-4-3-5-20(26)11-16/h3-13H,15H2,1-2H3/b19-10+. The number of halogens is 2. The van der Waals surface area contributed by atoms with E-state index < -0.39 is 0 Å². The fourth-order valence-electron chi connectivity index (χ4n) is 2.86. The number of benzene rings is 3. The second kappa shape index (κ2) is 9.82. The summed E-state index contributed by atoms with van der Waals surface area (Å²) in [6.07, 6.45) is 1.71. The highest BCUT2D eigenvalue weighted by Crippen LogP contribution is 2.38. The Balaban J connectivity index is 1.88. The summed E-state index contributed by atoms with van der Waals surface area (Å²) in [6.45, 7) is 0.137. The van der Waals surface area contributed by atoms with Crippen molar-refractivity contribution in [2.75, 3.05) is 14.2 Å². The van der Waals surface area contributed by atoms with Gasteiger partial charge in [0, 0.05) is 0 Å². The SMILES string of the molecule is COc1ccc(/C(C#N)=C/c2cc(Cl)c(OCc3cccc(F)c3)c(OC)c2)cc1. The van der Waals surface area contributed by atoms with Crippen molar-refractivity contribution in [3.05, 3.63) is 88.2 Å². The van der Waals surface area contributed by atoms with Crippen molar-refractivity contribution in [3.63, 3.8) is 0 Å². The lowest BCUT2D eigenvalue weighted by Crippen LogP contribution is -1.99. The summed E-state index contributed by atoms with van der Waals surface area (Å²) in [7, 11) is 3.09. The van der Waals surface area contributed by atoms with Crippen molar-refractivity contribution < 1.29 is 18.6 Å². The maximum absolute atomic E-state index is 13.4. The summed E-state index contributed by atoms with van der Waals surface area (Å²) in [5, 5.41) is 9.90. The molecule has 0 aromatic heterocycles. The Hall–Kier alpha value is -3.49. The van der Waals surface area contributed by atoms with Crippen LogP contribution in [0.3, 0.4) is 0 Å². The van der Waals surface area contributed by atoms with Crippen molar-refractivity contribution in [2.45, 2.75) is 6.61 Å². The Morgan fingerprint density at radius 3 is 2.47 bits per heavy atom. The van der Waals surface area contributed by atoms with Crippen molar-refractivity contribution in [2.24, 2.45) is 0 Å². The molecule has 30 heavy (non-hydrogen) atoms. The molecule has 3 rings (SSSR count). The second-order valence-corrected chi connectivity index (χ2v) is 6.76. The molecule has 0 spiro atoms. The van der Waals surface area contributed by atoms with Gasteiger partial charge >= 0.3 is 0 Å². The summed E-state index contributed by atoms with van der Waals surface area (Å²) < 4.78 is 29.7. The average molecular weight is 424 g/mol. The molecule has 0 atom stereocenters. The third-order valence-corrected chi connectivity index (χ3v) is 4.64. The smallest absolute Gasteiger partial charge is 0.180 e. The number of ether oxygens (including phenoxy) is 3. The highest BCUT2D eigenvalue weighted by Gasteiger charge is 2.13. The predicted octanol–water partition coefficient (Wildman–Crippen LogP) is 6.14. The van der Waals surface area contributed by atoms with Crippen LogP contribution in [0.4, 0.5) is 4.39 Å². The predicted molar refractivity (Wildman–Crippen MR) is 115 cm³/mol. The normalized spacial score (nSPS) is 11.0. The molecular weight excluding hydrogens is 405 g/mol. The Kier molecular flexibility index (Phi) is 6.95. The van der Waals surface area contributed by atoms with Crippen LogP contribution in [-0.2, 0) is 6.61 Å². The maximum atomic E-state index is 13.4. The largest absolute Gasteiger partial charge is 0.497 e. The third-order valence-electron chi connectivity index (χ3n) is 4.36. The van der Waals surface area contributed by atoms with Gasteiger partial charge in [0.15, 0.2) is 11.5 Å². The molecule has 3 aromatic carbocycles. The topological polar surface area (TPSA) is 51.5 Å². The summed E-state index contributed by atoms with van der Waals surface area (Å²) in [6, 6.07) is 18.9. The van der Waals surface area contributed by atoms with E-state index in [1.54, 1.807) is 49.6 Å². The van der Waals surface area contributed by atoms with Gasteiger partial charge in [-0.25, -0.2) is 4.39 Å². The van der Waals surface area contributed by atoms with E-state index in [0.29, 0.717) is 39.0 Å². The first-order valence-corrected chi connectivity index (χ1v) is 9.43. The van der Waals surface area contributed by atoms with Crippen LogP contribution in [0.2, 0.25) is 5.02 Å². The number of nitriles is 1. The van der Waals surface area contributed by atoms with Crippen LogP contribution in [0.25, 0.3) is 11.6 Å². The fraction of sp³-hybridized carbons (Fsp3) is 0.125. The van der Waals surface area contributed by atoms with E-state index in [-0.39, 0.29) is 12.4 Å². The summed E-state index contributed by atoms with van der Waals surface area (Å²) in [5.41, 5.74) is 2.56. The summed E-state index contributed by atoms with van der Waals surface area (Å²) in [5.74, 6) is 1.14. The molecule has 0 amide bonds. The molecule has 0 aliphatic carbocycles. The van der Waals surface area contributed by atoms with Crippen LogP contribution >= 0.6 is 11.6 Å². The number of nitrogens with zero attached hydrogens (tertiary/aromatic N) is 1. The number of rotatable bonds is 7. The van der Waals surface area contributed by atoms with Crippen LogP contribution in [0.5, 0.6) is 17.2 Å². The van der Waals surface area contributed by atoms with Gasteiger partial charge in [-0.3, -0.25) is 0 Å². The monoisotopic (exact) mass is 423 g/mol. The Bertz CT molecular complexity index is 1100. The lowest BCUT2D eigenvalue weighted by atomic mass is 10.0. The van der Waals surface area contributed by atoms with E-state index in [0.717, 1.165) is 5.56 Å². The Labute approximate surface area is 179 Å². The highest BCUT2D eigenvalue weighted by atomic mass is 35.5. The lowest BCUT2D eigenvalue weighted by Gasteiger charge is -2.14. The molecule has 0 radical (unpaired) electrons. The molecule has 6 heteroatoms. The molecule has 0 unspecified atom stereocenters. The van der Waals surface area contributed by atoms with Gasteiger partial charge in [-0.2, -0.15) is 5.26 Å². The van der Waals surface area contributed by atoms with Crippen LogP contribution < -0.4 is 14.2 Å². The zero-order valence-corrected chi connectivity index (χ0v) is 17.2. The number of hydrogen-bond donors (Lipinski definition) is 0. The Morgan fingerprint density at radius 1 is 1.07 bits per heavy atom. The van der Waals surface area contributed by atoms with E-state index >= 15 is 0 Å². The average Bonchev–Trinajstić information content (AvgIpc) is 2.76. The van der Waals surface area contributed by atoms with Gasteiger partial charge in [0.1, 0.15) is 18.2 Å². The van der Waals surface area contributed by atoms with E-state index in [4.69, 9.17) is 25.8 Å². The molecular formula is C24H19ClFNO3.